The van der Waals surface area contributed by atoms with Crippen LogP contribution in [0, 0.1) is 0 Å². The number of hydrogen-bond donors (Lipinski definition) is 1. The summed E-state index contributed by atoms with van der Waals surface area (Å²) in [6.45, 7) is 8.36. The molecule has 4 rings (SSSR count). The van der Waals surface area contributed by atoms with Crippen molar-refractivity contribution in [2.45, 2.75) is 26.4 Å². The smallest absolute Gasteiger partial charge is 0.163 e. The zero-order valence-corrected chi connectivity index (χ0v) is 17.0. The summed E-state index contributed by atoms with van der Waals surface area (Å²) in [5.41, 5.74) is 5.94. The molecule has 0 atom stereocenters. The minimum atomic E-state index is -0.123. The van der Waals surface area contributed by atoms with Crippen LogP contribution in [0.3, 0.4) is 0 Å². The van der Waals surface area contributed by atoms with Crippen LogP contribution >= 0.6 is 0 Å². The predicted molar refractivity (Wildman–Crippen MR) is 115 cm³/mol. The highest BCUT2D eigenvalue weighted by Crippen LogP contribution is 2.41. The van der Waals surface area contributed by atoms with Crippen molar-refractivity contribution < 1.29 is 9.90 Å². The molecule has 0 spiro atoms. The lowest BCUT2D eigenvalue weighted by molar-refractivity contribution is 0.101. The molecule has 146 valence electrons. The second-order valence-electron chi connectivity index (χ2n) is 8.04. The lowest BCUT2D eigenvalue weighted by atomic mass is 10.00. The van der Waals surface area contributed by atoms with Gasteiger partial charge in [-0.2, -0.15) is 0 Å². The van der Waals surface area contributed by atoms with Crippen molar-refractivity contribution in [3.63, 3.8) is 0 Å². The maximum absolute atomic E-state index is 12.0. The minimum Gasteiger partial charge on any atom is -0.507 e. The molecule has 1 aromatic heterocycles. The second-order valence-corrected chi connectivity index (χ2v) is 8.04. The van der Waals surface area contributed by atoms with Gasteiger partial charge in [-0.05, 0) is 51.7 Å². The molecule has 0 saturated heterocycles. The van der Waals surface area contributed by atoms with Gasteiger partial charge in [0.05, 0.1) is 11.1 Å². The zero-order chi connectivity index (χ0) is 20.2. The van der Waals surface area contributed by atoms with Gasteiger partial charge in [0.2, 0.25) is 0 Å². The largest absolute Gasteiger partial charge is 0.507 e. The number of nitrogens with zero attached hydrogens (tertiary/aromatic N) is 3. The first kappa shape index (κ1) is 18.6. The maximum Gasteiger partial charge on any atom is 0.163 e. The molecule has 0 amide bonds. The number of hydrogen-bond acceptors (Lipinski definition) is 4. The lowest BCUT2D eigenvalue weighted by Gasteiger charge is -2.12. The van der Waals surface area contributed by atoms with E-state index in [0.29, 0.717) is 5.56 Å². The lowest BCUT2D eigenvalue weighted by Crippen LogP contribution is -2.15. The number of aromatic nitrogens is 1. The minimum absolute atomic E-state index is 0.0508. The number of phenolic OH excluding ortho intramolecular Hbond substituents is 1. The number of benzene rings is 2. The Kier molecular flexibility index (Phi) is 4.42. The molecule has 0 saturated carbocycles. The first-order valence-electron chi connectivity index (χ1n) is 9.66. The Labute approximate surface area is 165 Å². The Morgan fingerprint density at radius 3 is 2.68 bits per heavy atom. The Bertz CT molecular complexity index is 1120. The van der Waals surface area contributed by atoms with Gasteiger partial charge in [-0.1, -0.05) is 12.6 Å². The van der Waals surface area contributed by atoms with Gasteiger partial charge in [0.25, 0.3) is 0 Å². The fraction of sp³-hybridized carbons (Fsp3) is 0.348. The fourth-order valence-electron chi connectivity index (χ4n) is 4.33. The number of aryl methyl sites for hydroxylation is 1. The van der Waals surface area contributed by atoms with Crippen molar-refractivity contribution in [3.8, 4) is 5.75 Å². The molecular formula is C23H27N3O2. The van der Waals surface area contributed by atoms with Crippen LogP contribution in [0.25, 0.3) is 27.5 Å². The van der Waals surface area contributed by atoms with Gasteiger partial charge in [-0.15, -0.1) is 0 Å². The molecule has 0 radical (unpaired) electrons. The molecule has 3 aromatic rings. The third kappa shape index (κ3) is 2.78. The van der Waals surface area contributed by atoms with Crippen LogP contribution in [0.5, 0.6) is 5.75 Å². The van der Waals surface area contributed by atoms with Crippen molar-refractivity contribution in [1.29, 1.82) is 0 Å². The van der Waals surface area contributed by atoms with Gasteiger partial charge >= 0.3 is 0 Å². The molecule has 28 heavy (non-hydrogen) atoms. The van der Waals surface area contributed by atoms with Gasteiger partial charge in [0.1, 0.15) is 5.75 Å². The standard InChI is InChI=1S/C23H27N3O2/c1-14-16-7-8-20-23(19(16)13-25(14)5)18-11-17(15(2)27)22(28)12-21(18)26(20)10-6-9-24(3)4/h7-8,11-12,28H,1,6,9-10,13H2,2-5H3. The van der Waals surface area contributed by atoms with Gasteiger partial charge in [0, 0.05) is 53.8 Å². The predicted octanol–water partition coefficient (Wildman–Crippen LogP) is 4.07. The number of phenols is 1. The topological polar surface area (TPSA) is 48.7 Å². The van der Waals surface area contributed by atoms with Crippen LogP contribution in [0.1, 0.15) is 34.8 Å². The van der Waals surface area contributed by atoms with Gasteiger partial charge in [0.15, 0.2) is 5.78 Å². The number of carbonyl (C=O) groups is 1. The van der Waals surface area contributed by atoms with E-state index in [1.165, 1.54) is 23.4 Å². The molecule has 0 aliphatic carbocycles. The van der Waals surface area contributed by atoms with Crippen molar-refractivity contribution >= 4 is 33.3 Å². The molecule has 1 N–H and O–H groups in total. The maximum atomic E-state index is 12.0. The number of aromatic hydroxyl groups is 1. The van der Waals surface area contributed by atoms with E-state index in [9.17, 15) is 9.90 Å². The summed E-state index contributed by atoms with van der Waals surface area (Å²) in [4.78, 5) is 16.4. The highest BCUT2D eigenvalue weighted by Gasteiger charge is 2.25. The molecule has 1 aliphatic rings. The van der Waals surface area contributed by atoms with Crippen molar-refractivity contribution in [2.24, 2.45) is 0 Å². The third-order valence-electron chi connectivity index (χ3n) is 5.79. The van der Waals surface area contributed by atoms with E-state index < -0.39 is 0 Å². The molecule has 0 unspecified atom stereocenters. The number of ketones is 1. The Balaban J connectivity index is 2.02. The monoisotopic (exact) mass is 377 g/mol. The summed E-state index contributed by atoms with van der Waals surface area (Å²) in [6, 6.07) is 7.91. The zero-order valence-electron chi connectivity index (χ0n) is 17.0. The summed E-state index contributed by atoms with van der Waals surface area (Å²) in [5, 5.41) is 12.7. The average molecular weight is 377 g/mol. The summed E-state index contributed by atoms with van der Waals surface area (Å²) < 4.78 is 2.28. The van der Waals surface area contributed by atoms with E-state index >= 15 is 0 Å². The van der Waals surface area contributed by atoms with E-state index in [2.05, 4.69) is 54.2 Å². The molecule has 1 aliphatic heterocycles. The van der Waals surface area contributed by atoms with Crippen molar-refractivity contribution in [2.75, 3.05) is 27.7 Å². The van der Waals surface area contributed by atoms with Crippen LogP contribution in [0.4, 0.5) is 0 Å². The number of Topliss-reactive ketones (excluding diaryl/α,β-unsaturated/α-hetero) is 1. The molecule has 0 bridgehead atoms. The Morgan fingerprint density at radius 2 is 2.00 bits per heavy atom. The summed E-state index contributed by atoms with van der Waals surface area (Å²) in [6.07, 6.45) is 1.00. The fourth-order valence-corrected chi connectivity index (χ4v) is 4.33. The summed E-state index contributed by atoms with van der Waals surface area (Å²) in [5.74, 6) is -0.0724. The molecule has 2 heterocycles. The Morgan fingerprint density at radius 1 is 1.25 bits per heavy atom. The molecular weight excluding hydrogens is 350 g/mol. The SMILES string of the molecule is C=C1c2ccc3c(c2CN1C)c1cc(C(C)=O)c(O)cc1n3CCCN(C)C. The van der Waals surface area contributed by atoms with Crippen LogP contribution in [-0.2, 0) is 13.1 Å². The number of rotatable bonds is 5. The van der Waals surface area contributed by atoms with Crippen LogP contribution in [-0.4, -0.2) is 52.9 Å². The quantitative estimate of drug-likeness (QED) is 0.681. The van der Waals surface area contributed by atoms with E-state index in [4.69, 9.17) is 0 Å². The molecule has 2 aromatic carbocycles. The Hall–Kier alpha value is -2.79. The van der Waals surface area contributed by atoms with Gasteiger partial charge < -0.3 is 19.5 Å². The number of carbonyl (C=O) groups excluding carboxylic acids is 1. The van der Waals surface area contributed by atoms with E-state index in [1.54, 1.807) is 6.07 Å². The third-order valence-corrected chi connectivity index (χ3v) is 5.79. The first-order chi connectivity index (χ1) is 13.3. The average Bonchev–Trinajstić information content (AvgIpc) is 3.08. The van der Waals surface area contributed by atoms with Crippen molar-refractivity contribution in [3.05, 3.63) is 47.5 Å². The van der Waals surface area contributed by atoms with E-state index in [0.717, 1.165) is 48.2 Å². The first-order valence-corrected chi connectivity index (χ1v) is 9.66. The van der Waals surface area contributed by atoms with Crippen molar-refractivity contribution in [1.82, 2.24) is 14.4 Å². The number of fused-ring (bicyclic) bond motifs is 5. The highest BCUT2D eigenvalue weighted by atomic mass is 16.3. The van der Waals surface area contributed by atoms with E-state index in [1.807, 2.05) is 6.07 Å². The normalized spacial score (nSPS) is 13.9. The van der Waals surface area contributed by atoms with Crippen LogP contribution in [0.15, 0.2) is 30.8 Å². The molecule has 5 heteroatoms. The summed E-state index contributed by atoms with van der Waals surface area (Å²) >= 11 is 0. The highest BCUT2D eigenvalue weighted by molar-refractivity contribution is 6.14. The van der Waals surface area contributed by atoms with Gasteiger partial charge in [-0.25, -0.2) is 0 Å². The molecule has 5 nitrogen and oxygen atoms in total. The second kappa shape index (κ2) is 6.67. The molecule has 0 fully saturated rings. The van der Waals surface area contributed by atoms with Gasteiger partial charge in [-0.3, -0.25) is 4.79 Å². The van der Waals surface area contributed by atoms with Crippen LogP contribution in [0.2, 0.25) is 0 Å². The van der Waals surface area contributed by atoms with E-state index in [-0.39, 0.29) is 11.5 Å². The van der Waals surface area contributed by atoms with Crippen LogP contribution < -0.4 is 0 Å². The summed E-state index contributed by atoms with van der Waals surface area (Å²) in [7, 11) is 6.20.